The first-order valence-corrected chi connectivity index (χ1v) is 6.58. The van der Waals surface area contributed by atoms with Crippen LogP contribution in [0.1, 0.15) is 26.7 Å². The Morgan fingerprint density at radius 3 is 2.74 bits per heavy atom. The first-order valence-electron chi connectivity index (χ1n) is 6.20. The molecule has 0 radical (unpaired) electrons. The molecule has 0 aromatic carbocycles. The number of amides is 1. The summed E-state index contributed by atoms with van der Waals surface area (Å²) in [5.74, 6) is 0.284. The van der Waals surface area contributed by atoms with Crippen LogP contribution in [-0.4, -0.2) is 40.6 Å². The fourth-order valence-corrected chi connectivity index (χ4v) is 1.40. The molecule has 2 N–H and O–H groups in total. The number of hydrogen-bond acceptors (Lipinski definition) is 6. The molecule has 8 heteroatoms. The van der Waals surface area contributed by atoms with Crippen molar-refractivity contribution in [3.05, 3.63) is 5.28 Å². The molecule has 0 aliphatic heterocycles. The minimum atomic E-state index is -0.0143. The van der Waals surface area contributed by atoms with Gasteiger partial charge in [0.2, 0.25) is 17.1 Å². The summed E-state index contributed by atoms with van der Waals surface area (Å²) >= 11 is 5.73. The van der Waals surface area contributed by atoms with Crippen molar-refractivity contribution in [3.63, 3.8) is 0 Å². The largest absolute Gasteiger partial charge is 0.464 e. The molecule has 0 saturated heterocycles. The number of aromatic nitrogens is 3. The number of ether oxygens (including phenoxy) is 1. The highest BCUT2D eigenvalue weighted by molar-refractivity contribution is 6.28. The Hall–Kier alpha value is -1.63. The number of nitrogens with zero attached hydrogens (tertiary/aromatic N) is 3. The first kappa shape index (κ1) is 15.4. The predicted molar refractivity (Wildman–Crippen MR) is 72.4 cm³/mol. The summed E-state index contributed by atoms with van der Waals surface area (Å²) in [5.41, 5.74) is 0. The van der Waals surface area contributed by atoms with Crippen molar-refractivity contribution < 1.29 is 9.53 Å². The molecule has 0 unspecified atom stereocenters. The number of rotatable bonds is 8. The van der Waals surface area contributed by atoms with E-state index in [2.05, 4.69) is 25.6 Å². The Labute approximate surface area is 117 Å². The SMILES string of the molecule is CCCNC(=O)CCNc1nc(Cl)nc(OCC)n1. The number of nitrogens with one attached hydrogen (secondary N) is 2. The number of carbonyl (C=O) groups is 1. The van der Waals surface area contributed by atoms with E-state index in [9.17, 15) is 4.79 Å². The van der Waals surface area contributed by atoms with E-state index in [1.165, 1.54) is 0 Å². The van der Waals surface area contributed by atoms with Gasteiger partial charge in [-0.15, -0.1) is 0 Å². The molecule has 19 heavy (non-hydrogen) atoms. The van der Waals surface area contributed by atoms with Crippen molar-refractivity contribution in [1.82, 2.24) is 20.3 Å². The van der Waals surface area contributed by atoms with E-state index in [4.69, 9.17) is 16.3 Å². The van der Waals surface area contributed by atoms with Gasteiger partial charge in [-0.25, -0.2) is 0 Å². The molecule has 1 aromatic rings. The molecule has 0 fully saturated rings. The summed E-state index contributed by atoms with van der Waals surface area (Å²) in [5, 5.41) is 5.74. The van der Waals surface area contributed by atoms with Crippen LogP contribution in [0.5, 0.6) is 6.01 Å². The van der Waals surface area contributed by atoms with Crippen molar-refractivity contribution in [2.75, 3.05) is 25.0 Å². The van der Waals surface area contributed by atoms with Gasteiger partial charge < -0.3 is 15.4 Å². The average Bonchev–Trinajstić information content (AvgIpc) is 2.36. The Morgan fingerprint density at radius 2 is 2.05 bits per heavy atom. The number of halogens is 1. The van der Waals surface area contributed by atoms with Crippen LogP contribution in [0.2, 0.25) is 5.28 Å². The zero-order valence-electron chi connectivity index (χ0n) is 11.1. The van der Waals surface area contributed by atoms with Crippen LogP contribution >= 0.6 is 11.6 Å². The Morgan fingerprint density at radius 1 is 1.26 bits per heavy atom. The zero-order valence-corrected chi connectivity index (χ0v) is 11.8. The molecule has 0 spiro atoms. The molecule has 1 aromatic heterocycles. The van der Waals surface area contributed by atoms with Gasteiger partial charge in [0.25, 0.3) is 0 Å². The van der Waals surface area contributed by atoms with Crippen molar-refractivity contribution in [2.24, 2.45) is 0 Å². The van der Waals surface area contributed by atoms with Gasteiger partial charge >= 0.3 is 6.01 Å². The molecule has 0 aliphatic rings. The third-order valence-corrected chi connectivity index (χ3v) is 2.24. The monoisotopic (exact) mass is 287 g/mol. The standard InChI is InChI=1S/C11H18ClN5O2/c1-3-6-13-8(18)5-7-14-10-15-9(12)16-11(17-10)19-4-2/h3-7H2,1-2H3,(H,13,18)(H,14,15,16,17). The Kier molecular flexibility index (Phi) is 6.88. The summed E-state index contributed by atoms with van der Waals surface area (Å²) in [6, 6.07) is 0.167. The molecule has 7 nitrogen and oxygen atoms in total. The lowest BCUT2D eigenvalue weighted by Crippen LogP contribution is -2.26. The van der Waals surface area contributed by atoms with Crippen molar-refractivity contribution in [1.29, 1.82) is 0 Å². The second-order valence-electron chi connectivity index (χ2n) is 3.67. The van der Waals surface area contributed by atoms with Gasteiger partial charge in [0, 0.05) is 19.5 Å². The van der Waals surface area contributed by atoms with E-state index in [0.29, 0.717) is 32.1 Å². The van der Waals surface area contributed by atoms with E-state index in [-0.39, 0.29) is 17.2 Å². The molecule has 106 valence electrons. The van der Waals surface area contributed by atoms with E-state index < -0.39 is 0 Å². The summed E-state index contributed by atoms with van der Waals surface area (Å²) < 4.78 is 5.14. The maximum Gasteiger partial charge on any atom is 0.322 e. The van der Waals surface area contributed by atoms with Gasteiger partial charge in [-0.2, -0.15) is 15.0 Å². The summed E-state index contributed by atoms with van der Waals surface area (Å²) in [6.07, 6.45) is 1.26. The lowest BCUT2D eigenvalue weighted by atomic mass is 10.4. The van der Waals surface area contributed by atoms with E-state index >= 15 is 0 Å². The van der Waals surface area contributed by atoms with Gasteiger partial charge in [-0.1, -0.05) is 6.92 Å². The lowest BCUT2D eigenvalue weighted by molar-refractivity contribution is -0.120. The van der Waals surface area contributed by atoms with Crippen LogP contribution in [0.3, 0.4) is 0 Å². The smallest absolute Gasteiger partial charge is 0.322 e. The summed E-state index contributed by atoms with van der Waals surface area (Å²) in [4.78, 5) is 23.1. The van der Waals surface area contributed by atoms with Crippen LogP contribution < -0.4 is 15.4 Å². The van der Waals surface area contributed by atoms with Crippen LogP contribution in [0.25, 0.3) is 0 Å². The highest BCUT2D eigenvalue weighted by Gasteiger charge is 2.06. The Balaban J connectivity index is 2.42. The van der Waals surface area contributed by atoms with E-state index in [1.807, 2.05) is 13.8 Å². The van der Waals surface area contributed by atoms with Crippen molar-refractivity contribution in [3.8, 4) is 6.01 Å². The van der Waals surface area contributed by atoms with Gasteiger partial charge in [0.1, 0.15) is 0 Å². The van der Waals surface area contributed by atoms with Crippen LogP contribution in [-0.2, 0) is 4.79 Å². The highest BCUT2D eigenvalue weighted by atomic mass is 35.5. The molecule has 1 amide bonds. The number of hydrogen-bond donors (Lipinski definition) is 2. The minimum absolute atomic E-state index is 0.0143. The second kappa shape index (κ2) is 8.47. The van der Waals surface area contributed by atoms with Gasteiger partial charge in [0.15, 0.2) is 0 Å². The molecular weight excluding hydrogens is 270 g/mol. The maximum atomic E-state index is 11.4. The normalized spacial score (nSPS) is 10.1. The lowest BCUT2D eigenvalue weighted by Gasteiger charge is -2.07. The van der Waals surface area contributed by atoms with Crippen LogP contribution in [0.15, 0.2) is 0 Å². The molecule has 0 saturated carbocycles. The molecule has 1 rings (SSSR count). The van der Waals surface area contributed by atoms with Gasteiger partial charge in [0.05, 0.1) is 6.61 Å². The molecule has 1 heterocycles. The fraction of sp³-hybridized carbons (Fsp3) is 0.636. The second-order valence-corrected chi connectivity index (χ2v) is 4.01. The number of carbonyl (C=O) groups excluding carboxylic acids is 1. The summed E-state index contributed by atoms with van der Waals surface area (Å²) in [7, 11) is 0. The third kappa shape index (κ3) is 6.19. The third-order valence-electron chi connectivity index (χ3n) is 2.07. The van der Waals surface area contributed by atoms with Crippen LogP contribution in [0, 0.1) is 0 Å². The average molecular weight is 288 g/mol. The maximum absolute atomic E-state index is 11.4. The minimum Gasteiger partial charge on any atom is -0.464 e. The molecule has 0 atom stereocenters. The fourth-order valence-electron chi connectivity index (χ4n) is 1.25. The number of anilines is 1. The van der Waals surface area contributed by atoms with Gasteiger partial charge in [-0.05, 0) is 24.9 Å². The van der Waals surface area contributed by atoms with Crippen molar-refractivity contribution in [2.45, 2.75) is 26.7 Å². The Bertz CT molecular complexity index is 416. The van der Waals surface area contributed by atoms with Gasteiger partial charge in [-0.3, -0.25) is 4.79 Å². The quantitative estimate of drug-likeness (QED) is 0.748. The van der Waals surface area contributed by atoms with E-state index in [0.717, 1.165) is 6.42 Å². The van der Waals surface area contributed by atoms with Crippen molar-refractivity contribution >= 4 is 23.5 Å². The summed E-state index contributed by atoms with van der Waals surface area (Å²) in [6.45, 7) is 5.37. The van der Waals surface area contributed by atoms with E-state index in [1.54, 1.807) is 0 Å². The molecule has 0 bridgehead atoms. The first-order chi connectivity index (χ1) is 9.15. The zero-order chi connectivity index (χ0) is 14.1. The molecule has 0 aliphatic carbocycles. The van der Waals surface area contributed by atoms with Crippen LogP contribution in [0.4, 0.5) is 5.95 Å². The molecular formula is C11H18ClN5O2. The highest BCUT2D eigenvalue weighted by Crippen LogP contribution is 2.11. The predicted octanol–water partition coefficient (Wildman–Crippen LogP) is 1.25. The topological polar surface area (TPSA) is 89.0 Å².